The predicted octanol–water partition coefficient (Wildman–Crippen LogP) is 3.34. The highest BCUT2D eigenvalue weighted by atomic mass is 35.5. The molecule has 0 aromatic heterocycles. The Morgan fingerprint density at radius 3 is 2.55 bits per heavy atom. The first kappa shape index (κ1) is 17.8. The van der Waals surface area contributed by atoms with E-state index in [1.807, 2.05) is 19.2 Å². The number of likely N-dealkylation sites (N-methyl/N-ethyl adjacent to an activating group) is 1. The number of sulfone groups is 1. The van der Waals surface area contributed by atoms with Crippen molar-refractivity contribution in [2.45, 2.75) is 32.2 Å². The summed E-state index contributed by atoms with van der Waals surface area (Å²) in [6.07, 6.45) is 2.22. The van der Waals surface area contributed by atoms with Crippen LogP contribution in [-0.2, 0) is 16.3 Å². The minimum Gasteiger partial charge on any atom is -0.317 e. The number of benzene rings is 1. The normalized spacial score (nSPS) is 13.4. The van der Waals surface area contributed by atoms with E-state index in [2.05, 4.69) is 5.32 Å². The van der Waals surface area contributed by atoms with Gasteiger partial charge in [0.05, 0.1) is 5.75 Å². The lowest BCUT2D eigenvalue weighted by Gasteiger charge is -2.17. The zero-order chi connectivity index (χ0) is 15.2. The Morgan fingerprint density at radius 2 is 2.00 bits per heavy atom. The van der Waals surface area contributed by atoms with Gasteiger partial charge in [-0.05, 0) is 44.0 Å². The van der Waals surface area contributed by atoms with Crippen molar-refractivity contribution in [1.82, 2.24) is 5.32 Å². The monoisotopic (exact) mass is 337 g/mol. The maximum absolute atomic E-state index is 11.5. The van der Waals surface area contributed by atoms with Gasteiger partial charge in [-0.15, -0.1) is 0 Å². The van der Waals surface area contributed by atoms with Crippen molar-refractivity contribution in [3.63, 3.8) is 0 Å². The van der Waals surface area contributed by atoms with Gasteiger partial charge in [0.1, 0.15) is 9.84 Å². The molecule has 0 saturated carbocycles. The third-order valence-electron chi connectivity index (χ3n) is 3.34. The van der Waals surface area contributed by atoms with Crippen LogP contribution in [-0.4, -0.2) is 33.0 Å². The molecule has 20 heavy (non-hydrogen) atoms. The highest BCUT2D eigenvalue weighted by Crippen LogP contribution is 2.22. The maximum atomic E-state index is 11.5. The quantitative estimate of drug-likeness (QED) is 0.791. The smallest absolute Gasteiger partial charge is 0.150 e. The summed E-state index contributed by atoms with van der Waals surface area (Å²) in [6.45, 7) is 1.68. The van der Waals surface area contributed by atoms with Crippen LogP contribution in [0.2, 0.25) is 10.0 Å². The molecule has 0 saturated heterocycles. The lowest BCUT2D eigenvalue weighted by Crippen LogP contribution is -2.28. The Labute approximate surface area is 131 Å². The molecule has 0 radical (unpaired) electrons. The van der Waals surface area contributed by atoms with Gasteiger partial charge in [0.2, 0.25) is 0 Å². The highest BCUT2D eigenvalue weighted by molar-refractivity contribution is 7.91. The molecule has 0 spiro atoms. The SMILES string of the molecule is CCS(=O)(=O)CCCC(Cc1ccc(Cl)cc1Cl)NC. The Morgan fingerprint density at radius 1 is 1.30 bits per heavy atom. The van der Waals surface area contributed by atoms with E-state index < -0.39 is 9.84 Å². The average Bonchev–Trinajstić information content (AvgIpc) is 2.40. The van der Waals surface area contributed by atoms with Crippen molar-refractivity contribution < 1.29 is 8.42 Å². The molecule has 1 aromatic rings. The second kappa shape index (κ2) is 8.23. The van der Waals surface area contributed by atoms with E-state index >= 15 is 0 Å². The van der Waals surface area contributed by atoms with E-state index in [9.17, 15) is 8.42 Å². The molecule has 1 rings (SSSR count). The molecular formula is C14H21Cl2NO2S. The van der Waals surface area contributed by atoms with Crippen LogP contribution in [0.4, 0.5) is 0 Å². The fraction of sp³-hybridized carbons (Fsp3) is 0.571. The molecule has 0 heterocycles. The molecule has 1 aromatic carbocycles. The van der Waals surface area contributed by atoms with Gasteiger partial charge in [-0.1, -0.05) is 36.2 Å². The third kappa shape index (κ3) is 6.00. The van der Waals surface area contributed by atoms with Crippen molar-refractivity contribution in [2.75, 3.05) is 18.6 Å². The molecule has 3 nitrogen and oxygen atoms in total. The van der Waals surface area contributed by atoms with Crippen LogP contribution in [0.1, 0.15) is 25.3 Å². The molecular weight excluding hydrogens is 317 g/mol. The van der Waals surface area contributed by atoms with Crippen LogP contribution < -0.4 is 5.32 Å². The van der Waals surface area contributed by atoms with Crippen molar-refractivity contribution in [3.05, 3.63) is 33.8 Å². The number of halogens is 2. The van der Waals surface area contributed by atoms with Crippen LogP contribution >= 0.6 is 23.2 Å². The molecule has 0 fully saturated rings. The van der Waals surface area contributed by atoms with E-state index in [0.29, 0.717) is 16.5 Å². The molecule has 0 aliphatic rings. The maximum Gasteiger partial charge on any atom is 0.150 e. The zero-order valence-electron chi connectivity index (χ0n) is 11.8. The van der Waals surface area contributed by atoms with Gasteiger partial charge in [-0.3, -0.25) is 0 Å². The van der Waals surface area contributed by atoms with E-state index in [0.717, 1.165) is 18.4 Å². The Bertz CT molecular complexity index is 532. The summed E-state index contributed by atoms with van der Waals surface area (Å²) in [5.74, 6) is 0.455. The zero-order valence-corrected chi connectivity index (χ0v) is 14.2. The molecule has 6 heteroatoms. The second-order valence-corrected chi connectivity index (χ2v) is 8.12. The van der Waals surface area contributed by atoms with Gasteiger partial charge in [-0.2, -0.15) is 0 Å². The van der Waals surface area contributed by atoms with Crippen LogP contribution in [0.5, 0.6) is 0 Å². The molecule has 0 aliphatic heterocycles. The van der Waals surface area contributed by atoms with E-state index in [1.54, 1.807) is 13.0 Å². The number of hydrogen-bond acceptors (Lipinski definition) is 3. The third-order valence-corrected chi connectivity index (χ3v) is 5.71. The van der Waals surface area contributed by atoms with Gasteiger partial charge in [0, 0.05) is 21.8 Å². The minimum atomic E-state index is -2.88. The van der Waals surface area contributed by atoms with Crippen LogP contribution in [0.3, 0.4) is 0 Å². The summed E-state index contributed by atoms with van der Waals surface area (Å²) < 4.78 is 22.9. The molecule has 0 amide bonds. The lowest BCUT2D eigenvalue weighted by atomic mass is 10.0. The van der Waals surface area contributed by atoms with Crippen LogP contribution in [0.15, 0.2) is 18.2 Å². The summed E-state index contributed by atoms with van der Waals surface area (Å²) in [4.78, 5) is 0. The van der Waals surface area contributed by atoms with Gasteiger partial charge < -0.3 is 5.32 Å². The fourth-order valence-corrected chi connectivity index (χ4v) is 3.38. The predicted molar refractivity (Wildman–Crippen MR) is 86.6 cm³/mol. The summed E-state index contributed by atoms with van der Waals surface area (Å²) >= 11 is 12.0. The number of rotatable bonds is 8. The molecule has 1 atom stereocenters. The average molecular weight is 338 g/mol. The van der Waals surface area contributed by atoms with Crippen molar-refractivity contribution in [3.8, 4) is 0 Å². The van der Waals surface area contributed by atoms with E-state index in [-0.39, 0.29) is 17.5 Å². The standard InChI is InChI=1S/C14H21Cl2NO2S/c1-3-20(18,19)8-4-5-13(17-2)9-11-6-7-12(15)10-14(11)16/h6-7,10,13,17H,3-5,8-9H2,1-2H3. The fourth-order valence-electron chi connectivity index (χ4n) is 2.00. The van der Waals surface area contributed by atoms with E-state index in [1.165, 1.54) is 0 Å². The van der Waals surface area contributed by atoms with Crippen LogP contribution in [0, 0.1) is 0 Å². The van der Waals surface area contributed by atoms with E-state index in [4.69, 9.17) is 23.2 Å². The first-order valence-corrected chi connectivity index (χ1v) is 9.27. The summed E-state index contributed by atoms with van der Waals surface area (Å²) in [5, 5.41) is 4.48. The molecule has 1 unspecified atom stereocenters. The summed E-state index contributed by atoms with van der Waals surface area (Å²) in [6, 6.07) is 5.67. The number of hydrogen-bond donors (Lipinski definition) is 1. The summed E-state index contributed by atoms with van der Waals surface area (Å²) in [5.41, 5.74) is 1.02. The van der Waals surface area contributed by atoms with Crippen molar-refractivity contribution in [2.24, 2.45) is 0 Å². The van der Waals surface area contributed by atoms with Gasteiger partial charge in [0.15, 0.2) is 0 Å². The second-order valence-electron chi connectivity index (χ2n) is 4.80. The Kier molecular flexibility index (Phi) is 7.30. The molecule has 1 N–H and O–H groups in total. The lowest BCUT2D eigenvalue weighted by molar-refractivity contribution is 0.511. The molecule has 0 bridgehead atoms. The molecule has 114 valence electrons. The number of nitrogens with one attached hydrogen (secondary N) is 1. The van der Waals surface area contributed by atoms with Crippen molar-refractivity contribution >= 4 is 33.0 Å². The molecule has 0 aliphatic carbocycles. The van der Waals surface area contributed by atoms with Gasteiger partial charge >= 0.3 is 0 Å². The first-order valence-electron chi connectivity index (χ1n) is 6.69. The van der Waals surface area contributed by atoms with Crippen LogP contribution in [0.25, 0.3) is 0 Å². The minimum absolute atomic E-state index is 0.209. The highest BCUT2D eigenvalue weighted by Gasteiger charge is 2.13. The van der Waals surface area contributed by atoms with Crippen molar-refractivity contribution in [1.29, 1.82) is 0 Å². The Hall–Kier alpha value is -0.290. The Balaban J connectivity index is 2.55. The van der Waals surface area contributed by atoms with Gasteiger partial charge in [0.25, 0.3) is 0 Å². The van der Waals surface area contributed by atoms with Gasteiger partial charge in [-0.25, -0.2) is 8.42 Å². The largest absolute Gasteiger partial charge is 0.317 e. The first-order chi connectivity index (χ1) is 9.38. The summed E-state index contributed by atoms with van der Waals surface area (Å²) in [7, 11) is -1.00. The topological polar surface area (TPSA) is 46.2 Å².